The molecule has 1 saturated heterocycles. The maximum Gasteiger partial charge on any atom is 0.408 e. The van der Waals surface area contributed by atoms with Crippen molar-refractivity contribution in [3.63, 3.8) is 0 Å². The summed E-state index contributed by atoms with van der Waals surface area (Å²) in [6, 6.07) is 1.39. The van der Waals surface area contributed by atoms with E-state index in [0.717, 1.165) is 27.8 Å². The van der Waals surface area contributed by atoms with Crippen molar-refractivity contribution in [3.8, 4) is 5.88 Å². The molecule has 36 heavy (non-hydrogen) atoms. The standard InChI is InChI=1S/C22H24F5N5O4/c1-2-14-11-30(7-8-35-14)17-9-19(34)31-6-5-16(22(25,26)27)32(21(31)29-17)12-15(33)13-3-4-18(28-10-13)36-20(23)24/h3-4,9-10,14,16,20H,2,5-8,11-12H2,1H3. The molecule has 14 heteroatoms. The quantitative estimate of drug-likeness (QED) is 0.409. The van der Waals surface area contributed by atoms with Crippen molar-refractivity contribution in [3.05, 3.63) is 40.3 Å². The lowest BCUT2D eigenvalue weighted by molar-refractivity contribution is -0.152. The number of ether oxygens (including phenoxy) is 2. The summed E-state index contributed by atoms with van der Waals surface area (Å²) >= 11 is 0. The number of rotatable bonds is 7. The van der Waals surface area contributed by atoms with Crippen molar-refractivity contribution in [2.24, 2.45) is 0 Å². The molecule has 0 N–H and O–H groups in total. The number of ketones is 1. The fraction of sp³-hybridized carbons (Fsp3) is 0.545. The van der Waals surface area contributed by atoms with E-state index in [-0.39, 0.29) is 30.0 Å². The summed E-state index contributed by atoms with van der Waals surface area (Å²) in [6.45, 7) is -0.931. The third kappa shape index (κ3) is 5.58. The predicted molar refractivity (Wildman–Crippen MR) is 118 cm³/mol. The van der Waals surface area contributed by atoms with Gasteiger partial charge in [0.05, 0.1) is 19.3 Å². The second-order valence-corrected chi connectivity index (χ2v) is 8.41. The Morgan fingerprint density at radius 3 is 2.69 bits per heavy atom. The summed E-state index contributed by atoms with van der Waals surface area (Å²) in [4.78, 5) is 36.3. The summed E-state index contributed by atoms with van der Waals surface area (Å²) < 4.78 is 77.5. The van der Waals surface area contributed by atoms with Gasteiger partial charge in [0.2, 0.25) is 11.8 Å². The Kier molecular flexibility index (Phi) is 7.43. The van der Waals surface area contributed by atoms with Crippen LogP contribution in [0.25, 0.3) is 0 Å². The van der Waals surface area contributed by atoms with Crippen molar-refractivity contribution in [1.82, 2.24) is 14.5 Å². The first kappa shape index (κ1) is 25.8. The van der Waals surface area contributed by atoms with Gasteiger partial charge in [0.15, 0.2) is 5.78 Å². The molecule has 0 aliphatic carbocycles. The van der Waals surface area contributed by atoms with Gasteiger partial charge in [-0.25, -0.2) is 4.98 Å². The molecule has 0 radical (unpaired) electrons. The highest BCUT2D eigenvalue weighted by Gasteiger charge is 2.47. The van der Waals surface area contributed by atoms with E-state index in [4.69, 9.17) is 4.74 Å². The highest BCUT2D eigenvalue weighted by Crippen LogP contribution is 2.34. The van der Waals surface area contributed by atoms with E-state index in [1.54, 1.807) is 4.90 Å². The number of morpholine rings is 1. The van der Waals surface area contributed by atoms with Crippen LogP contribution in [0.2, 0.25) is 0 Å². The Labute approximate surface area is 202 Å². The Bertz CT molecular complexity index is 1140. The zero-order valence-corrected chi connectivity index (χ0v) is 19.3. The fourth-order valence-corrected chi connectivity index (χ4v) is 4.27. The van der Waals surface area contributed by atoms with Crippen LogP contribution in [-0.4, -0.2) is 71.5 Å². The van der Waals surface area contributed by atoms with Crippen LogP contribution in [0.15, 0.2) is 29.2 Å². The molecule has 2 aromatic heterocycles. The van der Waals surface area contributed by atoms with Crippen molar-refractivity contribution in [2.75, 3.05) is 36.0 Å². The van der Waals surface area contributed by atoms with Crippen LogP contribution in [0.3, 0.4) is 0 Å². The fourth-order valence-electron chi connectivity index (χ4n) is 4.27. The van der Waals surface area contributed by atoms with E-state index in [9.17, 15) is 31.5 Å². The predicted octanol–water partition coefficient (Wildman–Crippen LogP) is 2.88. The summed E-state index contributed by atoms with van der Waals surface area (Å²) in [7, 11) is 0. The summed E-state index contributed by atoms with van der Waals surface area (Å²) in [5.74, 6) is -1.24. The molecule has 9 nitrogen and oxygen atoms in total. The van der Waals surface area contributed by atoms with Crippen LogP contribution >= 0.6 is 0 Å². The van der Waals surface area contributed by atoms with Crippen LogP contribution in [0.4, 0.5) is 33.7 Å². The highest BCUT2D eigenvalue weighted by atomic mass is 19.4. The van der Waals surface area contributed by atoms with Gasteiger partial charge < -0.3 is 19.3 Å². The van der Waals surface area contributed by atoms with Crippen LogP contribution < -0.4 is 20.1 Å². The van der Waals surface area contributed by atoms with Crippen molar-refractivity contribution < 1.29 is 36.2 Å². The minimum absolute atomic E-state index is 0.105. The molecule has 0 aromatic carbocycles. The first-order chi connectivity index (χ1) is 17.1. The number of halogens is 5. The lowest BCUT2D eigenvalue weighted by Gasteiger charge is -2.39. The molecule has 0 amide bonds. The number of Topliss-reactive ketones (excluding diaryl/α,β-unsaturated/α-hetero) is 1. The Balaban J connectivity index is 1.67. The van der Waals surface area contributed by atoms with Gasteiger partial charge in [-0.15, -0.1) is 0 Å². The molecule has 2 aliphatic rings. The molecule has 0 bridgehead atoms. The largest absolute Gasteiger partial charge is 0.417 e. The highest BCUT2D eigenvalue weighted by molar-refractivity contribution is 5.99. The second kappa shape index (κ2) is 10.4. The van der Waals surface area contributed by atoms with Gasteiger partial charge in [-0.2, -0.15) is 26.9 Å². The van der Waals surface area contributed by atoms with Gasteiger partial charge in [-0.05, 0) is 18.9 Å². The van der Waals surface area contributed by atoms with E-state index in [1.807, 2.05) is 6.92 Å². The van der Waals surface area contributed by atoms with Gasteiger partial charge in [0.1, 0.15) is 11.9 Å². The Morgan fingerprint density at radius 1 is 1.28 bits per heavy atom. The lowest BCUT2D eigenvalue weighted by Crippen LogP contribution is -2.54. The van der Waals surface area contributed by atoms with Crippen molar-refractivity contribution in [1.29, 1.82) is 0 Å². The van der Waals surface area contributed by atoms with Gasteiger partial charge >= 0.3 is 12.8 Å². The van der Waals surface area contributed by atoms with Gasteiger partial charge in [0.25, 0.3) is 5.56 Å². The molecule has 2 atom stereocenters. The first-order valence-corrected chi connectivity index (χ1v) is 11.3. The van der Waals surface area contributed by atoms with Crippen LogP contribution in [-0.2, 0) is 11.3 Å². The maximum atomic E-state index is 14.0. The number of anilines is 2. The molecular formula is C22H24F5N5O4. The third-order valence-corrected chi connectivity index (χ3v) is 6.11. The van der Waals surface area contributed by atoms with Crippen molar-refractivity contribution in [2.45, 2.75) is 51.2 Å². The molecule has 4 heterocycles. The molecule has 0 saturated carbocycles. The average Bonchev–Trinajstić information content (AvgIpc) is 2.83. The molecular weight excluding hydrogens is 493 g/mol. The summed E-state index contributed by atoms with van der Waals surface area (Å²) in [5, 5.41) is 0. The average molecular weight is 517 g/mol. The van der Waals surface area contributed by atoms with Crippen molar-refractivity contribution >= 4 is 17.5 Å². The normalized spacial score (nSPS) is 20.4. The van der Waals surface area contributed by atoms with E-state index >= 15 is 0 Å². The SMILES string of the molecule is CCC1CN(c2cc(=O)n3c(n2)N(CC(=O)c2ccc(OC(F)F)nc2)C(C(F)(F)F)CC3)CCO1. The molecule has 2 aliphatic heterocycles. The second-order valence-electron chi connectivity index (χ2n) is 8.41. The maximum absolute atomic E-state index is 14.0. The number of fused-ring (bicyclic) bond motifs is 1. The van der Waals surface area contributed by atoms with Crippen LogP contribution in [0.5, 0.6) is 5.88 Å². The molecule has 2 unspecified atom stereocenters. The summed E-state index contributed by atoms with van der Waals surface area (Å²) in [6.07, 6.45) is -3.59. The number of carbonyl (C=O) groups excluding carboxylic acids is 1. The number of pyridine rings is 1. The zero-order chi connectivity index (χ0) is 26.0. The number of nitrogens with zero attached hydrogens (tertiary/aromatic N) is 5. The van der Waals surface area contributed by atoms with E-state index in [1.165, 1.54) is 6.07 Å². The van der Waals surface area contributed by atoms with Gasteiger partial charge in [0, 0.05) is 43.5 Å². The third-order valence-electron chi connectivity index (χ3n) is 6.11. The summed E-state index contributed by atoms with van der Waals surface area (Å²) in [5.41, 5.74) is -0.630. The molecule has 2 aromatic rings. The Morgan fingerprint density at radius 2 is 2.06 bits per heavy atom. The number of aromatic nitrogens is 3. The van der Waals surface area contributed by atoms with E-state index in [2.05, 4.69) is 14.7 Å². The van der Waals surface area contributed by atoms with E-state index in [0.29, 0.717) is 26.1 Å². The van der Waals surface area contributed by atoms with Gasteiger partial charge in [-0.1, -0.05) is 6.92 Å². The Hall–Kier alpha value is -3.29. The molecule has 196 valence electrons. The monoisotopic (exact) mass is 517 g/mol. The zero-order valence-electron chi connectivity index (χ0n) is 19.3. The molecule has 4 rings (SSSR count). The first-order valence-electron chi connectivity index (χ1n) is 11.3. The van der Waals surface area contributed by atoms with Crippen LogP contribution in [0, 0.1) is 0 Å². The minimum atomic E-state index is -4.70. The lowest BCUT2D eigenvalue weighted by atomic mass is 10.1. The van der Waals surface area contributed by atoms with Gasteiger partial charge in [-0.3, -0.25) is 14.2 Å². The van der Waals surface area contributed by atoms with Crippen LogP contribution in [0.1, 0.15) is 30.1 Å². The molecule has 1 fully saturated rings. The topological polar surface area (TPSA) is 89.8 Å². The smallest absolute Gasteiger partial charge is 0.408 e. The molecule has 0 spiro atoms. The number of carbonyl (C=O) groups is 1. The number of hydrogen-bond donors (Lipinski definition) is 0. The number of hydrogen-bond acceptors (Lipinski definition) is 8. The van der Waals surface area contributed by atoms with E-state index < -0.39 is 49.0 Å². The minimum Gasteiger partial charge on any atom is -0.417 e. The number of alkyl halides is 5.